The number of aromatic nitrogens is 2. The number of carbonyl (C=O) groups is 2. The minimum Gasteiger partial charge on any atom is -0.477 e. The fraction of sp³-hybridized carbons (Fsp3) is 0.263. The molecule has 0 saturated heterocycles. The summed E-state index contributed by atoms with van der Waals surface area (Å²) in [4.78, 5) is 41.0. The van der Waals surface area contributed by atoms with Gasteiger partial charge >= 0.3 is 5.97 Å². The number of carbonyl (C=O) groups excluding carboxylic acids is 1. The first-order valence-corrected chi connectivity index (χ1v) is 8.99. The van der Waals surface area contributed by atoms with Crippen molar-refractivity contribution in [1.29, 1.82) is 0 Å². The Labute approximate surface area is 153 Å². The van der Waals surface area contributed by atoms with Crippen LogP contribution in [0.3, 0.4) is 0 Å². The number of nitrogens with zero attached hydrogens (tertiary/aromatic N) is 2. The van der Waals surface area contributed by atoms with Crippen molar-refractivity contribution in [3.05, 3.63) is 62.5 Å². The summed E-state index contributed by atoms with van der Waals surface area (Å²) in [6.45, 7) is 3.33. The molecule has 0 spiro atoms. The lowest BCUT2D eigenvalue weighted by Crippen LogP contribution is -2.26. The van der Waals surface area contributed by atoms with E-state index in [2.05, 4.69) is 4.98 Å². The number of ketones is 1. The molecule has 0 fully saturated rings. The quantitative estimate of drug-likeness (QED) is 0.720. The predicted molar refractivity (Wildman–Crippen MR) is 100 cm³/mol. The van der Waals surface area contributed by atoms with Gasteiger partial charge in [-0.2, -0.15) is 0 Å². The maximum absolute atomic E-state index is 13.0. The van der Waals surface area contributed by atoms with Crippen molar-refractivity contribution in [1.82, 2.24) is 9.55 Å². The highest BCUT2D eigenvalue weighted by Crippen LogP contribution is 2.27. The van der Waals surface area contributed by atoms with E-state index in [0.717, 1.165) is 16.9 Å². The number of rotatable bonds is 6. The first-order chi connectivity index (χ1) is 12.4. The number of fused-ring (bicyclic) bond motifs is 1. The smallest absolute Gasteiger partial charge is 0.346 e. The van der Waals surface area contributed by atoms with E-state index in [1.54, 1.807) is 6.92 Å². The Bertz CT molecular complexity index is 1050. The van der Waals surface area contributed by atoms with Crippen LogP contribution in [0.25, 0.3) is 10.2 Å². The monoisotopic (exact) mass is 370 g/mol. The van der Waals surface area contributed by atoms with Crippen molar-refractivity contribution in [3.63, 3.8) is 0 Å². The molecule has 0 unspecified atom stereocenters. The molecule has 0 saturated carbocycles. The minimum absolute atomic E-state index is 0.0177. The molecule has 26 heavy (non-hydrogen) atoms. The van der Waals surface area contributed by atoms with Gasteiger partial charge in [0, 0.05) is 19.4 Å². The van der Waals surface area contributed by atoms with Crippen molar-refractivity contribution in [2.75, 3.05) is 0 Å². The van der Waals surface area contributed by atoms with Crippen LogP contribution in [-0.2, 0) is 17.8 Å². The molecule has 6 nitrogen and oxygen atoms in total. The molecule has 0 aliphatic rings. The summed E-state index contributed by atoms with van der Waals surface area (Å²) in [5, 5.41) is 9.66. The summed E-state index contributed by atoms with van der Waals surface area (Å²) >= 11 is 1.01. The molecule has 0 bridgehead atoms. The van der Waals surface area contributed by atoms with E-state index in [-0.39, 0.29) is 29.2 Å². The molecule has 0 radical (unpaired) electrons. The maximum Gasteiger partial charge on any atom is 0.346 e. The topological polar surface area (TPSA) is 89.3 Å². The first kappa shape index (κ1) is 18.0. The van der Waals surface area contributed by atoms with Crippen molar-refractivity contribution in [3.8, 4) is 0 Å². The van der Waals surface area contributed by atoms with Crippen LogP contribution in [0, 0.1) is 6.92 Å². The van der Waals surface area contributed by atoms with E-state index in [9.17, 15) is 19.5 Å². The Balaban J connectivity index is 2.20. The van der Waals surface area contributed by atoms with Gasteiger partial charge < -0.3 is 5.11 Å². The minimum atomic E-state index is -1.07. The second kappa shape index (κ2) is 7.21. The number of carboxylic acid groups (broad SMARTS) is 1. The fourth-order valence-corrected chi connectivity index (χ4v) is 3.91. The fourth-order valence-electron chi connectivity index (χ4n) is 2.88. The number of benzene rings is 1. The van der Waals surface area contributed by atoms with Crippen molar-refractivity contribution in [2.45, 2.75) is 33.2 Å². The summed E-state index contributed by atoms with van der Waals surface area (Å²) < 4.78 is 1.50. The second-order valence-corrected chi connectivity index (χ2v) is 7.14. The summed E-state index contributed by atoms with van der Waals surface area (Å²) in [6.07, 6.45) is 0.660. The average molecular weight is 370 g/mol. The van der Waals surface area contributed by atoms with Gasteiger partial charge in [-0.25, -0.2) is 9.78 Å². The molecule has 0 atom stereocenters. The molecule has 3 aromatic rings. The summed E-state index contributed by atoms with van der Waals surface area (Å²) in [5.41, 5.74) is 1.13. The highest BCUT2D eigenvalue weighted by molar-refractivity contribution is 7.20. The zero-order chi connectivity index (χ0) is 18.8. The number of hydrogen-bond donors (Lipinski definition) is 1. The van der Waals surface area contributed by atoms with E-state index < -0.39 is 5.97 Å². The molecule has 134 valence electrons. The van der Waals surface area contributed by atoms with Gasteiger partial charge in [0.1, 0.15) is 21.3 Å². The van der Waals surface area contributed by atoms with Crippen molar-refractivity contribution >= 4 is 33.3 Å². The van der Waals surface area contributed by atoms with Crippen LogP contribution in [0.1, 0.15) is 40.0 Å². The normalized spacial score (nSPS) is 11.0. The number of hydrogen-bond acceptors (Lipinski definition) is 5. The Morgan fingerprint density at radius 3 is 2.54 bits per heavy atom. The van der Waals surface area contributed by atoms with Crippen molar-refractivity contribution < 1.29 is 14.7 Å². The largest absolute Gasteiger partial charge is 0.477 e. The van der Waals surface area contributed by atoms with Crippen LogP contribution >= 0.6 is 11.3 Å². The van der Waals surface area contributed by atoms with Gasteiger partial charge in [0.15, 0.2) is 0 Å². The van der Waals surface area contributed by atoms with Crippen LogP contribution in [0.5, 0.6) is 0 Å². The van der Waals surface area contributed by atoms with Crippen LogP contribution in [0.4, 0.5) is 0 Å². The zero-order valence-electron chi connectivity index (χ0n) is 14.5. The maximum atomic E-state index is 13.0. The third-order valence-corrected chi connectivity index (χ3v) is 5.39. The summed E-state index contributed by atoms with van der Waals surface area (Å²) in [7, 11) is 0. The van der Waals surface area contributed by atoms with Crippen LogP contribution in [0.2, 0.25) is 0 Å². The number of aryl methyl sites for hydroxylation is 1. The second-order valence-electron chi connectivity index (χ2n) is 6.14. The molecule has 0 aliphatic heterocycles. The highest BCUT2D eigenvalue weighted by Gasteiger charge is 2.21. The van der Waals surface area contributed by atoms with Gasteiger partial charge in [-0.05, 0) is 25.0 Å². The molecular formula is C19H18N2O4S. The molecule has 2 aromatic heterocycles. The zero-order valence-corrected chi connectivity index (χ0v) is 15.3. The molecule has 7 heteroatoms. The number of Topliss-reactive ketones (excluding diaryl/α,β-unsaturated/α-hetero) is 1. The Morgan fingerprint density at radius 1 is 1.23 bits per heavy atom. The van der Waals surface area contributed by atoms with Crippen LogP contribution in [-0.4, -0.2) is 26.4 Å². The van der Waals surface area contributed by atoms with E-state index in [1.807, 2.05) is 30.3 Å². The molecule has 3 rings (SSSR count). The third kappa shape index (κ3) is 3.43. The third-order valence-electron chi connectivity index (χ3n) is 4.22. The molecule has 0 amide bonds. The number of carboxylic acids is 1. The molecular weight excluding hydrogens is 352 g/mol. The molecule has 0 aliphatic carbocycles. The molecule has 1 N–H and O–H groups in total. The standard InChI is InChI=1S/C19H18N2O4S/c1-11(22)8-9-21-14(10-13-6-4-3-5-7-13)20-17-15(18(21)23)12(2)16(26-17)19(24)25/h3-7H,8-10H2,1-2H3,(H,24,25). The Morgan fingerprint density at radius 2 is 1.92 bits per heavy atom. The van der Waals surface area contributed by atoms with Gasteiger partial charge in [0.25, 0.3) is 5.56 Å². The van der Waals surface area contributed by atoms with E-state index in [0.29, 0.717) is 28.0 Å². The molecule has 2 heterocycles. The molecule has 1 aromatic carbocycles. The van der Waals surface area contributed by atoms with E-state index in [1.165, 1.54) is 11.5 Å². The highest BCUT2D eigenvalue weighted by atomic mass is 32.1. The van der Waals surface area contributed by atoms with Gasteiger partial charge in [0.2, 0.25) is 0 Å². The van der Waals surface area contributed by atoms with Crippen LogP contribution in [0.15, 0.2) is 35.1 Å². The van der Waals surface area contributed by atoms with Gasteiger partial charge in [-0.1, -0.05) is 30.3 Å². The predicted octanol–water partition coefficient (Wildman–Crippen LogP) is 3.03. The lowest BCUT2D eigenvalue weighted by Gasteiger charge is -2.12. The average Bonchev–Trinajstić information content (AvgIpc) is 2.92. The lowest BCUT2D eigenvalue weighted by atomic mass is 10.1. The van der Waals surface area contributed by atoms with Gasteiger partial charge in [-0.3, -0.25) is 14.2 Å². The summed E-state index contributed by atoms with van der Waals surface area (Å²) in [5.74, 6) is -0.547. The Kier molecular flexibility index (Phi) is 4.99. The lowest BCUT2D eigenvalue weighted by molar-refractivity contribution is -0.117. The Hall–Kier alpha value is -2.80. The van der Waals surface area contributed by atoms with Gasteiger partial charge in [0.05, 0.1) is 5.39 Å². The SMILES string of the molecule is CC(=O)CCn1c(Cc2ccccc2)nc2sc(C(=O)O)c(C)c2c1=O. The first-order valence-electron chi connectivity index (χ1n) is 8.18. The van der Waals surface area contributed by atoms with Gasteiger partial charge in [-0.15, -0.1) is 11.3 Å². The summed E-state index contributed by atoms with van der Waals surface area (Å²) in [6, 6.07) is 9.60. The van der Waals surface area contributed by atoms with Crippen molar-refractivity contribution in [2.24, 2.45) is 0 Å². The van der Waals surface area contributed by atoms with E-state index in [4.69, 9.17) is 0 Å². The van der Waals surface area contributed by atoms with Crippen LogP contribution < -0.4 is 5.56 Å². The van der Waals surface area contributed by atoms with E-state index >= 15 is 0 Å². The number of thiophene rings is 1. The number of aromatic carboxylic acids is 1.